The second kappa shape index (κ2) is 3.74. The molecule has 72 valence electrons. The predicted octanol–water partition coefficient (Wildman–Crippen LogP) is 2.05. The Morgan fingerprint density at radius 3 is 2.69 bits per heavy atom. The van der Waals surface area contributed by atoms with Gasteiger partial charge in [0.25, 0.3) is 6.43 Å². The molecule has 1 aromatic rings. The highest BCUT2D eigenvalue weighted by molar-refractivity contribution is 6.17. The molecule has 0 aliphatic heterocycles. The van der Waals surface area contributed by atoms with Crippen LogP contribution in [0, 0.1) is 0 Å². The van der Waals surface area contributed by atoms with Crippen LogP contribution >= 0.6 is 11.6 Å². The third kappa shape index (κ3) is 1.80. The number of halogens is 3. The Morgan fingerprint density at radius 1 is 1.62 bits per heavy atom. The summed E-state index contributed by atoms with van der Waals surface area (Å²) in [5.74, 6) is -1.14. The Balaban J connectivity index is 3.32. The van der Waals surface area contributed by atoms with E-state index < -0.39 is 17.7 Å². The third-order valence-electron chi connectivity index (χ3n) is 1.57. The molecular weight excluding hydrogens is 202 g/mol. The Kier molecular flexibility index (Phi) is 2.87. The van der Waals surface area contributed by atoms with Gasteiger partial charge >= 0.3 is 0 Å². The minimum Gasteiger partial charge on any atom is -0.504 e. The molecule has 0 amide bonds. The zero-order valence-electron chi connectivity index (χ0n) is 6.47. The Labute approximate surface area is 78.1 Å². The van der Waals surface area contributed by atoms with Crippen molar-refractivity contribution in [3.8, 4) is 5.75 Å². The van der Waals surface area contributed by atoms with Crippen molar-refractivity contribution in [1.29, 1.82) is 0 Å². The number of nitrogens with two attached hydrogens (primary N) is 1. The highest BCUT2D eigenvalue weighted by Crippen LogP contribution is 2.34. The van der Waals surface area contributed by atoms with Crippen LogP contribution in [0.5, 0.6) is 5.75 Å². The molecule has 0 aliphatic rings. The van der Waals surface area contributed by atoms with Crippen LogP contribution in [0.2, 0.25) is 0 Å². The van der Waals surface area contributed by atoms with Gasteiger partial charge in [-0.25, -0.2) is 13.8 Å². The summed E-state index contributed by atoms with van der Waals surface area (Å²) in [5, 5.41) is 9.15. The van der Waals surface area contributed by atoms with Crippen LogP contribution in [0.25, 0.3) is 0 Å². The molecule has 6 heteroatoms. The zero-order valence-corrected chi connectivity index (χ0v) is 7.22. The summed E-state index contributed by atoms with van der Waals surface area (Å²) in [7, 11) is 0. The number of nitrogen functional groups attached to an aromatic ring is 1. The van der Waals surface area contributed by atoms with Gasteiger partial charge in [0, 0.05) is 12.1 Å². The molecule has 1 aromatic heterocycles. The van der Waals surface area contributed by atoms with Crippen LogP contribution < -0.4 is 5.73 Å². The van der Waals surface area contributed by atoms with Gasteiger partial charge in [-0.2, -0.15) is 0 Å². The van der Waals surface area contributed by atoms with Crippen LogP contribution in [-0.4, -0.2) is 10.1 Å². The van der Waals surface area contributed by atoms with Gasteiger partial charge in [0.15, 0.2) is 11.6 Å². The van der Waals surface area contributed by atoms with Gasteiger partial charge in [0.05, 0.1) is 5.56 Å². The van der Waals surface area contributed by atoms with Crippen molar-refractivity contribution in [2.45, 2.75) is 12.3 Å². The predicted molar refractivity (Wildman–Crippen MR) is 44.8 cm³/mol. The lowest BCUT2D eigenvalue weighted by Gasteiger charge is -2.09. The summed E-state index contributed by atoms with van der Waals surface area (Å²) in [6, 6.07) is 0. The van der Waals surface area contributed by atoms with Gasteiger partial charge in [-0.15, -0.1) is 11.6 Å². The maximum absolute atomic E-state index is 12.4. The standard InChI is InChI=1S/C7H7ClF2N2O/c8-1-3-2-12-7(11)5(13)4(3)6(9)10/h2,6,13H,1H2,(H2,11,12). The molecule has 1 heterocycles. The number of hydrogen-bond acceptors (Lipinski definition) is 3. The Bertz CT molecular complexity index is 320. The Morgan fingerprint density at radius 2 is 2.23 bits per heavy atom. The first-order valence-electron chi connectivity index (χ1n) is 3.38. The van der Waals surface area contributed by atoms with Crippen molar-refractivity contribution in [3.05, 3.63) is 17.3 Å². The maximum atomic E-state index is 12.4. The molecule has 0 saturated heterocycles. The first kappa shape index (κ1) is 9.98. The molecule has 0 radical (unpaired) electrons. The zero-order chi connectivity index (χ0) is 10.0. The molecule has 3 N–H and O–H groups in total. The summed E-state index contributed by atoms with van der Waals surface area (Å²) >= 11 is 5.38. The minimum absolute atomic E-state index is 0.0865. The molecule has 0 fully saturated rings. The lowest BCUT2D eigenvalue weighted by atomic mass is 10.1. The minimum atomic E-state index is -2.81. The second-order valence-electron chi connectivity index (χ2n) is 2.37. The molecule has 0 saturated carbocycles. The molecule has 0 aliphatic carbocycles. The number of pyridine rings is 1. The molecular formula is C7H7ClF2N2O. The number of rotatable bonds is 2. The third-order valence-corrected chi connectivity index (χ3v) is 1.85. The summed E-state index contributed by atoms with van der Waals surface area (Å²) < 4.78 is 24.7. The van der Waals surface area contributed by atoms with Crippen molar-refractivity contribution >= 4 is 17.4 Å². The SMILES string of the molecule is Nc1ncc(CCl)c(C(F)F)c1O. The fourth-order valence-electron chi connectivity index (χ4n) is 0.918. The lowest BCUT2D eigenvalue weighted by Crippen LogP contribution is -1.99. The average molecular weight is 209 g/mol. The number of nitrogens with zero attached hydrogens (tertiary/aromatic N) is 1. The van der Waals surface area contributed by atoms with Gasteiger partial charge in [-0.3, -0.25) is 0 Å². The first-order chi connectivity index (χ1) is 6.07. The van der Waals surface area contributed by atoms with Crippen molar-refractivity contribution in [2.75, 3.05) is 5.73 Å². The van der Waals surface area contributed by atoms with E-state index in [1.807, 2.05) is 0 Å². The monoisotopic (exact) mass is 208 g/mol. The van der Waals surface area contributed by atoms with Crippen LogP contribution in [0.3, 0.4) is 0 Å². The van der Waals surface area contributed by atoms with Crippen molar-refractivity contribution in [3.63, 3.8) is 0 Å². The largest absolute Gasteiger partial charge is 0.504 e. The number of aromatic hydroxyl groups is 1. The number of anilines is 1. The van der Waals surface area contributed by atoms with E-state index in [9.17, 15) is 8.78 Å². The molecule has 0 spiro atoms. The normalized spacial score (nSPS) is 10.8. The summed E-state index contributed by atoms with van der Waals surface area (Å²) in [4.78, 5) is 3.50. The molecule has 1 rings (SSSR count). The van der Waals surface area contributed by atoms with Crippen LogP contribution in [0.4, 0.5) is 14.6 Å². The fourth-order valence-corrected chi connectivity index (χ4v) is 1.13. The lowest BCUT2D eigenvalue weighted by molar-refractivity contribution is 0.146. The highest BCUT2D eigenvalue weighted by atomic mass is 35.5. The van der Waals surface area contributed by atoms with Crippen molar-refractivity contribution in [2.24, 2.45) is 0 Å². The molecule has 0 aromatic carbocycles. The molecule has 0 atom stereocenters. The number of hydrogen-bond donors (Lipinski definition) is 2. The number of alkyl halides is 3. The average Bonchev–Trinajstić information content (AvgIpc) is 2.08. The van der Waals surface area contributed by atoms with E-state index in [1.54, 1.807) is 0 Å². The fraction of sp³-hybridized carbons (Fsp3) is 0.286. The van der Waals surface area contributed by atoms with Gasteiger partial charge in [0.2, 0.25) is 0 Å². The quantitative estimate of drug-likeness (QED) is 0.732. The first-order valence-corrected chi connectivity index (χ1v) is 3.91. The van der Waals surface area contributed by atoms with E-state index in [4.69, 9.17) is 22.4 Å². The summed E-state index contributed by atoms with van der Waals surface area (Å²) in [6.45, 7) is 0. The van der Waals surface area contributed by atoms with E-state index in [2.05, 4.69) is 4.98 Å². The molecule has 3 nitrogen and oxygen atoms in total. The second-order valence-corrected chi connectivity index (χ2v) is 2.63. The van der Waals surface area contributed by atoms with Crippen LogP contribution in [0.15, 0.2) is 6.20 Å². The van der Waals surface area contributed by atoms with Crippen molar-refractivity contribution < 1.29 is 13.9 Å². The van der Waals surface area contributed by atoms with Gasteiger partial charge in [-0.1, -0.05) is 0 Å². The van der Waals surface area contributed by atoms with E-state index >= 15 is 0 Å². The summed E-state index contributed by atoms with van der Waals surface area (Å²) in [5.41, 5.74) is 4.69. The van der Waals surface area contributed by atoms with Gasteiger partial charge in [-0.05, 0) is 5.56 Å². The molecule has 0 unspecified atom stereocenters. The van der Waals surface area contributed by atoms with Gasteiger partial charge < -0.3 is 10.8 Å². The van der Waals surface area contributed by atoms with E-state index in [0.29, 0.717) is 0 Å². The van der Waals surface area contributed by atoms with Crippen LogP contribution in [0.1, 0.15) is 17.6 Å². The van der Waals surface area contributed by atoms with Crippen LogP contribution in [-0.2, 0) is 5.88 Å². The van der Waals surface area contributed by atoms with Gasteiger partial charge in [0.1, 0.15) is 0 Å². The summed E-state index contributed by atoms with van der Waals surface area (Å²) in [6.07, 6.45) is -1.68. The molecule has 13 heavy (non-hydrogen) atoms. The highest BCUT2D eigenvalue weighted by Gasteiger charge is 2.19. The Hall–Kier alpha value is -1.10. The smallest absolute Gasteiger partial charge is 0.267 e. The molecule has 0 bridgehead atoms. The number of aromatic nitrogens is 1. The van der Waals surface area contributed by atoms with Crippen molar-refractivity contribution in [1.82, 2.24) is 4.98 Å². The maximum Gasteiger partial charge on any atom is 0.267 e. The van der Waals surface area contributed by atoms with E-state index in [-0.39, 0.29) is 17.3 Å². The van der Waals surface area contributed by atoms with E-state index in [1.165, 1.54) is 0 Å². The van der Waals surface area contributed by atoms with E-state index in [0.717, 1.165) is 6.20 Å². The topological polar surface area (TPSA) is 59.1 Å².